The second-order valence-electron chi connectivity index (χ2n) is 5.33. The molecule has 4 heteroatoms. The molecular weight excluding hydrogens is 228 g/mol. The van der Waals surface area contributed by atoms with Gasteiger partial charge in [-0.05, 0) is 11.5 Å². The summed E-state index contributed by atoms with van der Waals surface area (Å²) >= 11 is 0. The first kappa shape index (κ1) is 11.7. The first-order chi connectivity index (χ1) is 8.74. The Morgan fingerprint density at radius 2 is 2.11 bits per heavy atom. The molecule has 3 unspecified atom stereocenters. The predicted molar refractivity (Wildman–Crippen MR) is 68.1 cm³/mol. The molecule has 18 heavy (non-hydrogen) atoms. The highest BCUT2D eigenvalue weighted by Crippen LogP contribution is 2.31. The lowest BCUT2D eigenvalue weighted by Gasteiger charge is -2.18. The van der Waals surface area contributed by atoms with Gasteiger partial charge in [-0.1, -0.05) is 30.3 Å². The SMILES string of the molecule is O=C(O)C1NCC2CN(Cc3ccccc3)CC21. The van der Waals surface area contributed by atoms with Crippen molar-refractivity contribution >= 4 is 5.97 Å². The maximum atomic E-state index is 11.1. The van der Waals surface area contributed by atoms with E-state index in [4.69, 9.17) is 5.11 Å². The van der Waals surface area contributed by atoms with E-state index in [0.717, 1.165) is 26.2 Å². The molecule has 2 N–H and O–H groups in total. The standard InChI is InChI=1S/C14H18N2O2/c17-14(18)13-12-9-16(8-11(12)6-15-13)7-10-4-2-1-3-5-10/h1-5,11-13,15H,6-9H2,(H,17,18). The van der Waals surface area contributed by atoms with Crippen molar-refractivity contribution < 1.29 is 9.90 Å². The van der Waals surface area contributed by atoms with Crippen molar-refractivity contribution in [2.75, 3.05) is 19.6 Å². The molecule has 0 aliphatic carbocycles. The van der Waals surface area contributed by atoms with Gasteiger partial charge in [-0.2, -0.15) is 0 Å². The van der Waals surface area contributed by atoms with Crippen molar-refractivity contribution in [2.24, 2.45) is 11.8 Å². The number of aliphatic carboxylic acids is 1. The van der Waals surface area contributed by atoms with Crippen LogP contribution in [0.4, 0.5) is 0 Å². The average Bonchev–Trinajstić information content (AvgIpc) is 2.89. The Morgan fingerprint density at radius 3 is 2.83 bits per heavy atom. The molecule has 0 spiro atoms. The lowest BCUT2D eigenvalue weighted by Crippen LogP contribution is -2.38. The topological polar surface area (TPSA) is 52.6 Å². The lowest BCUT2D eigenvalue weighted by atomic mass is 9.94. The molecule has 0 radical (unpaired) electrons. The van der Waals surface area contributed by atoms with Gasteiger partial charge in [0.2, 0.25) is 0 Å². The van der Waals surface area contributed by atoms with Crippen LogP contribution in [0.25, 0.3) is 0 Å². The molecule has 3 atom stereocenters. The summed E-state index contributed by atoms with van der Waals surface area (Å²) in [5.41, 5.74) is 1.30. The zero-order valence-electron chi connectivity index (χ0n) is 10.2. The summed E-state index contributed by atoms with van der Waals surface area (Å²) in [5, 5.41) is 12.3. The first-order valence-corrected chi connectivity index (χ1v) is 6.46. The summed E-state index contributed by atoms with van der Waals surface area (Å²) in [7, 11) is 0. The Balaban J connectivity index is 1.64. The number of hydrogen-bond acceptors (Lipinski definition) is 3. The number of fused-ring (bicyclic) bond motifs is 1. The second kappa shape index (κ2) is 4.71. The number of benzene rings is 1. The summed E-state index contributed by atoms with van der Waals surface area (Å²) in [5.74, 6) is 0.0603. The first-order valence-electron chi connectivity index (χ1n) is 6.46. The molecule has 0 aromatic heterocycles. The number of likely N-dealkylation sites (tertiary alicyclic amines) is 1. The summed E-state index contributed by atoms with van der Waals surface area (Å²) in [6.07, 6.45) is 0. The van der Waals surface area contributed by atoms with E-state index in [9.17, 15) is 4.79 Å². The Bertz CT molecular complexity index is 435. The van der Waals surface area contributed by atoms with Crippen LogP contribution in [0.2, 0.25) is 0 Å². The Labute approximate surface area is 107 Å². The number of nitrogens with zero attached hydrogens (tertiary/aromatic N) is 1. The van der Waals surface area contributed by atoms with Gasteiger partial charge in [-0.25, -0.2) is 0 Å². The van der Waals surface area contributed by atoms with Crippen molar-refractivity contribution in [2.45, 2.75) is 12.6 Å². The highest BCUT2D eigenvalue weighted by atomic mass is 16.4. The van der Waals surface area contributed by atoms with Crippen molar-refractivity contribution in [3.05, 3.63) is 35.9 Å². The van der Waals surface area contributed by atoms with E-state index in [1.165, 1.54) is 5.56 Å². The summed E-state index contributed by atoms with van der Waals surface area (Å²) in [6.45, 7) is 3.67. The van der Waals surface area contributed by atoms with Gasteiger partial charge in [-0.15, -0.1) is 0 Å². The van der Waals surface area contributed by atoms with E-state index >= 15 is 0 Å². The van der Waals surface area contributed by atoms with E-state index in [1.54, 1.807) is 0 Å². The van der Waals surface area contributed by atoms with Crippen LogP contribution in [0.3, 0.4) is 0 Å². The van der Waals surface area contributed by atoms with Gasteiger partial charge in [0.15, 0.2) is 0 Å². The van der Waals surface area contributed by atoms with Crippen LogP contribution < -0.4 is 5.32 Å². The van der Waals surface area contributed by atoms with E-state index in [1.807, 2.05) is 18.2 Å². The van der Waals surface area contributed by atoms with Crippen molar-refractivity contribution in [1.82, 2.24) is 10.2 Å². The van der Waals surface area contributed by atoms with Crippen LogP contribution in [0.1, 0.15) is 5.56 Å². The molecule has 2 saturated heterocycles. The fourth-order valence-corrected chi connectivity index (χ4v) is 3.25. The molecule has 0 bridgehead atoms. The second-order valence-corrected chi connectivity index (χ2v) is 5.33. The predicted octanol–water partition coefficient (Wildman–Crippen LogP) is 0.791. The number of carbonyl (C=O) groups is 1. The third-order valence-corrected chi connectivity index (χ3v) is 4.11. The number of carboxylic acid groups (broad SMARTS) is 1. The average molecular weight is 246 g/mol. The van der Waals surface area contributed by atoms with Crippen LogP contribution in [-0.4, -0.2) is 41.7 Å². The van der Waals surface area contributed by atoms with Crippen molar-refractivity contribution in [1.29, 1.82) is 0 Å². The Hall–Kier alpha value is -1.39. The van der Waals surface area contributed by atoms with Gasteiger partial charge in [-0.3, -0.25) is 9.69 Å². The van der Waals surface area contributed by atoms with E-state index in [0.29, 0.717) is 5.92 Å². The molecule has 0 saturated carbocycles. The van der Waals surface area contributed by atoms with E-state index in [2.05, 4.69) is 22.3 Å². The van der Waals surface area contributed by atoms with E-state index in [-0.39, 0.29) is 12.0 Å². The number of hydrogen-bond donors (Lipinski definition) is 2. The Morgan fingerprint density at radius 1 is 1.33 bits per heavy atom. The minimum absolute atomic E-state index is 0.270. The van der Waals surface area contributed by atoms with Gasteiger partial charge in [0, 0.05) is 32.1 Å². The van der Waals surface area contributed by atoms with Gasteiger partial charge < -0.3 is 10.4 Å². The highest BCUT2D eigenvalue weighted by Gasteiger charge is 2.45. The smallest absolute Gasteiger partial charge is 0.321 e. The fraction of sp³-hybridized carbons (Fsp3) is 0.500. The normalized spacial score (nSPS) is 31.4. The van der Waals surface area contributed by atoms with Crippen LogP contribution in [0.15, 0.2) is 30.3 Å². The Kier molecular flexibility index (Phi) is 3.06. The lowest BCUT2D eigenvalue weighted by molar-refractivity contribution is -0.140. The molecule has 2 heterocycles. The largest absolute Gasteiger partial charge is 0.480 e. The molecule has 3 rings (SSSR count). The van der Waals surface area contributed by atoms with E-state index < -0.39 is 5.97 Å². The van der Waals surface area contributed by atoms with Crippen LogP contribution in [0, 0.1) is 11.8 Å². The highest BCUT2D eigenvalue weighted by molar-refractivity contribution is 5.74. The minimum atomic E-state index is -0.705. The maximum Gasteiger partial charge on any atom is 0.321 e. The third kappa shape index (κ3) is 2.13. The quantitative estimate of drug-likeness (QED) is 0.828. The fourth-order valence-electron chi connectivity index (χ4n) is 3.25. The van der Waals surface area contributed by atoms with Gasteiger partial charge in [0.1, 0.15) is 6.04 Å². The molecule has 4 nitrogen and oxygen atoms in total. The summed E-state index contributed by atoms with van der Waals surface area (Å²) in [6, 6.07) is 10.0. The molecule has 1 aromatic rings. The van der Waals surface area contributed by atoms with Crippen molar-refractivity contribution in [3.8, 4) is 0 Å². The minimum Gasteiger partial charge on any atom is -0.480 e. The van der Waals surface area contributed by atoms with Crippen molar-refractivity contribution in [3.63, 3.8) is 0 Å². The molecule has 2 aliphatic heterocycles. The monoisotopic (exact) mass is 246 g/mol. The maximum absolute atomic E-state index is 11.1. The molecule has 1 aromatic carbocycles. The van der Waals surface area contributed by atoms with Crippen LogP contribution in [0.5, 0.6) is 0 Å². The van der Waals surface area contributed by atoms with Crippen LogP contribution >= 0.6 is 0 Å². The van der Waals surface area contributed by atoms with Gasteiger partial charge in [0.25, 0.3) is 0 Å². The molecular formula is C14H18N2O2. The number of nitrogens with one attached hydrogen (secondary N) is 1. The zero-order valence-corrected chi connectivity index (χ0v) is 10.2. The molecule has 2 aliphatic rings. The summed E-state index contributed by atoms with van der Waals surface area (Å²) < 4.78 is 0. The number of rotatable bonds is 3. The molecule has 2 fully saturated rings. The molecule has 0 amide bonds. The number of carboxylic acids is 1. The van der Waals surface area contributed by atoms with Crippen LogP contribution in [-0.2, 0) is 11.3 Å². The third-order valence-electron chi connectivity index (χ3n) is 4.11. The van der Waals surface area contributed by atoms with Gasteiger partial charge in [0.05, 0.1) is 0 Å². The van der Waals surface area contributed by atoms with Gasteiger partial charge >= 0.3 is 5.97 Å². The summed E-state index contributed by atoms with van der Waals surface area (Å²) in [4.78, 5) is 13.5. The molecule has 96 valence electrons. The zero-order chi connectivity index (χ0) is 12.5.